The van der Waals surface area contributed by atoms with Crippen LogP contribution in [0.3, 0.4) is 0 Å². The quantitative estimate of drug-likeness (QED) is 0.713. The molecular formula is C19H18N4O2. The van der Waals surface area contributed by atoms with E-state index in [-0.39, 0.29) is 0 Å². The van der Waals surface area contributed by atoms with E-state index in [1.165, 1.54) is 5.56 Å². The first-order chi connectivity index (χ1) is 12.3. The van der Waals surface area contributed by atoms with E-state index in [9.17, 15) is 0 Å². The van der Waals surface area contributed by atoms with E-state index in [2.05, 4.69) is 32.1 Å². The van der Waals surface area contributed by atoms with Crippen molar-refractivity contribution >= 4 is 0 Å². The fourth-order valence-corrected chi connectivity index (χ4v) is 3.07. The Morgan fingerprint density at radius 1 is 0.800 bits per heavy atom. The summed E-state index contributed by atoms with van der Waals surface area (Å²) in [7, 11) is 3.30. The Bertz CT molecular complexity index is 868. The van der Waals surface area contributed by atoms with Gasteiger partial charge in [-0.25, -0.2) is 19.9 Å². The molecule has 6 heteroatoms. The monoisotopic (exact) mass is 334 g/mol. The number of aromatic nitrogens is 4. The van der Waals surface area contributed by atoms with E-state index in [1.807, 2.05) is 18.5 Å². The molecule has 1 fully saturated rings. The fraction of sp³-hybridized carbons (Fsp3) is 0.263. The second-order valence-electron chi connectivity index (χ2n) is 5.98. The predicted octanol–water partition coefficient (Wildman–Crippen LogP) is 3.22. The molecule has 4 rings (SSSR count). The summed E-state index contributed by atoms with van der Waals surface area (Å²) in [6, 6.07) is 7.88. The van der Waals surface area contributed by atoms with Crippen LogP contribution in [0.1, 0.15) is 29.4 Å². The molecule has 0 N–H and O–H groups in total. The molecule has 0 amide bonds. The van der Waals surface area contributed by atoms with E-state index in [0.717, 1.165) is 23.5 Å². The summed E-state index contributed by atoms with van der Waals surface area (Å²) in [5.41, 5.74) is 2.39. The number of methoxy groups -OCH3 is 2. The Labute approximate surface area is 145 Å². The van der Waals surface area contributed by atoms with Gasteiger partial charge in [-0.3, -0.25) is 0 Å². The molecule has 0 bridgehead atoms. The van der Waals surface area contributed by atoms with Crippen molar-refractivity contribution in [2.75, 3.05) is 14.2 Å². The first kappa shape index (κ1) is 15.5. The maximum Gasteiger partial charge on any atom is 0.197 e. The summed E-state index contributed by atoms with van der Waals surface area (Å²) in [4.78, 5) is 17.2. The van der Waals surface area contributed by atoms with Gasteiger partial charge in [0.15, 0.2) is 23.1 Å². The highest BCUT2D eigenvalue weighted by molar-refractivity contribution is 5.47. The lowest BCUT2D eigenvalue weighted by Crippen LogP contribution is -1.96. The minimum atomic E-state index is 0.434. The highest BCUT2D eigenvalue weighted by Crippen LogP contribution is 2.55. The van der Waals surface area contributed by atoms with E-state index in [0.29, 0.717) is 23.5 Å². The second kappa shape index (κ2) is 6.47. The third kappa shape index (κ3) is 3.03. The molecular weight excluding hydrogens is 316 g/mol. The molecule has 3 aromatic rings. The summed E-state index contributed by atoms with van der Waals surface area (Å²) in [6.07, 6.45) is 8.22. The van der Waals surface area contributed by atoms with Gasteiger partial charge in [-0.05, 0) is 47.6 Å². The van der Waals surface area contributed by atoms with Gasteiger partial charge in [0.25, 0.3) is 0 Å². The van der Waals surface area contributed by atoms with Crippen molar-refractivity contribution in [1.82, 2.24) is 19.9 Å². The van der Waals surface area contributed by atoms with Gasteiger partial charge in [-0.1, -0.05) is 6.07 Å². The van der Waals surface area contributed by atoms with Crippen LogP contribution < -0.4 is 9.47 Å². The largest absolute Gasteiger partial charge is 0.493 e. The lowest BCUT2D eigenvalue weighted by Gasteiger charge is -2.09. The zero-order valence-electron chi connectivity index (χ0n) is 14.1. The molecule has 1 aliphatic carbocycles. The summed E-state index contributed by atoms with van der Waals surface area (Å²) in [5.74, 6) is 3.50. The normalized spacial score (nSPS) is 18.6. The Kier molecular flexibility index (Phi) is 4.01. The van der Waals surface area contributed by atoms with E-state index >= 15 is 0 Å². The zero-order valence-corrected chi connectivity index (χ0v) is 14.1. The van der Waals surface area contributed by atoms with Gasteiger partial charge >= 0.3 is 0 Å². The van der Waals surface area contributed by atoms with Crippen LogP contribution in [-0.2, 0) is 0 Å². The minimum absolute atomic E-state index is 0.434. The van der Waals surface area contributed by atoms with Crippen LogP contribution in [0.4, 0.5) is 0 Å². The van der Waals surface area contributed by atoms with Crippen molar-refractivity contribution in [3.05, 3.63) is 60.2 Å². The zero-order chi connectivity index (χ0) is 17.2. The summed E-state index contributed by atoms with van der Waals surface area (Å²) in [6.45, 7) is 0. The van der Waals surface area contributed by atoms with E-state index in [4.69, 9.17) is 9.47 Å². The van der Waals surface area contributed by atoms with Crippen LogP contribution in [0, 0.1) is 0 Å². The number of nitrogens with zero attached hydrogens (tertiary/aromatic N) is 4. The molecule has 1 aliphatic rings. The lowest BCUT2D eigenvalue weighted by atomic mass is 10.1. The molecule has 0 saturated heterocycles. The number of hydrogen-bond donors (Lipinski definition) is 0. The standard InChI is InChI=1S/C19H18N4O2/c1-24-16-5-4-12(8-17(16)25-2)14-9-15(14)13-10-22-19(23-11-13)18-20-6-3-7-21-18/h3-8,10-11,14-15H,9H2,1-2H3/t14-,15-/m0/s1. The predicted molar refractivity (Wildman–Crippen MR) is 92.7 cm³/mol. The van der Waals surface area contributed by atoms with Crippen LogP contribution in [0.2, 0.25) is 0 Å². The molecule has 0 aliphatic heterocycles. The Hall–Kier alpha value is -3.02. The average molecular weight is 334 g/mol. The van der Waals surface area contributed by atoms with Crippen molar-refractivity contribution in [3.63, 3.8) is 0 Å². The van der Waals surface area contributed by atoms with Crippen molar-refractivity contribution < 1.29 is 9.47 Å². The van der Waals surface area contributed by atoms with Gasteiger partial charge in [0, 0.05) is 24.8 Å². The van der Waals surface area contributed by atoms with Crippen molar-refractivity contribution in [2.45, 2.75) is 18.3 Å². The number of benzene rings is 1. The molecule has 0 spiro atoms. The van der Waals surface area contributed by atoms with Crippen molar-refractivity contribution in [1.29, 1.82) is 0 Å². The number of ether oxygens (including phenoxy) is 2. The van der Waals surface area contributed by atoms with Gasteiger partial charge in [0.1, 0.15) is 0 Å². The molecule has 1 aromatic carbocycles. The topological polar surface area (TPSA) is 70.0 Å². The third-order valence-corrected chi connectivity index (χ3v) is 4.49. The summed E-state index contributed by atoms with van der Waals surface area (Å²) >= 11 is 0. The van der Waals surface area contributed by atoms with Crippen LogP contribution in [-0.4, -0.2) is 34.2 Å². The molecule has 6 nitrogen and oxygen atoms in total. The van der Waals surface area contributed by atoms with Crippen molar-refractivity contribution in [2.24, 2.45) is 0 Å². The van der Waals surface area contributed by atoms with Crippen LogP contribution in [0.5, 0.6) is 11.5 Å². The van der Waals surface area contributed by atoms with Gasteiger partial charge in [0.2, 0.25) is 0 Å². The first-order valence-electron chi connectivity index (χ1n) is 8.11. The van der Waals surface area contributed by atoms with Crippen molar-refractivity contribution in [3.8, 4) is 23.1 Å². The first-order valence-corrected chi connectivity index (χ1v) is 8.11. The van der Waals surface area contributed by atoms with E-state index in [1.54, 1.807) is 32.7 Å². The molecule has 2 aromatic heterocycles. The second-order valence-corrected chi connectivity index (χ2v) is 5.98. The number of rotatable bonds is 5. The molecule has 2 heterocycles. The Balaban J connectivity index is 1.52. The minimum Gasteiger partial charge on any atom is -0.493 e. The smallest absolute Gasteiger partial charge is 0.197 e. The van der Waals surface area contributed by atoms with Gasteiger partial charge < -0.3 is 9.47 Å². The van der Waals surface area contributed by atoms with E-state index < -0.39 is 0 Å². The summed E-state index contributed by atoms with van der Waals surface area (Å²) in [5, 5.41) is 0. The molecule has 0 radical (unpaired) electrons. The Morgan fingerprint density at radius 3 is 2.12 bits per heavy atom. The molecule has 25 heavy (non-hydrogen) atoms. The maximum atomic E-state index is 5.40. The van der Waals surface area contributed by atoms with Gasteiger partial charge in [-0.15, -0.1) is 0 Å². The number of hydrogen-bond acceptors (Lipinski definition) is 6. The molecule has 1 saturated carbocycles. The Morgan fingerprint density at radius 2 is 1.44 bits per heavy atom. The lowest BCUT2D eigenvalue weighted by molar-refractivity contribution is 0.354. The highest BCUT2D eigenvalue weighted by atomic mass is 16.5. The SMILES string of the molecule is COc1ccc([C@@H]2C[C@H]2c2cnc(-c3ncccn3)nc2)cc1OC. The summed E-state index contributed by atoms with van der Waals surface area (Å²) < 4.78 is 10.7. The highest BCUT2D eigenvalue weighted by Gasteiger charge is 2.40. The fourth-order valence-electron chi connectivity index (χ4n) is 3.07. The average Bonchev–Trinajstić information content (AvgIpc) is 3.49. The molecule has 126 valence electrons. The van der Waals surface area contributed by atoms with Crippen LogP contribution in [0.25, 0.3) is 11.6 Å². The van der Waals surface area contributed by atoms with Crippen LogP contribution in [0.15, 0.2) is 49.1 Å². The molecule has 0 unspecified atom stereocenters. The van der Waals surface area contributed by atoms with Crippen LogP contribution >= 0.6 is 0 Å². The van der Waals surface area contributed by atoms with Gasteiger partial charge in [-0.2, -0.15) is 0 Å². The maximum absolute atomic E-state index is 5.40. The third-order valence-electron chi connectivity index (χ3n) is 4.49. The molecule has 2 atom stereocenters. The van der Waals surface area contributed by atoms with Gasteiger partial charge in [0.05, 0.1) is 14.2 Å².